The van der Waals surface area contributed by atoms with Crippen LogP contribution in [0.2, 0.25) is 0 Å². The molecule has 126 valence electrons. The Hall–Kier alpha value is -3.26. The van der Waals surface area contributed by atoms with Crippen molar-refractivity contribution in [3.05, 3.63) is 102 Å². The van der Waals surface area contributed by atoms with Crippen molar-refractivity contribution in [2.24, 2.45) is 0 Å². The Morgan fingerprint density at radius 1 is 0.731 bits per heavy atom. The largest absolute Gasteiger partial charge is 0.457 e. The lowest BCUT2D eigenvalue weighted by atomic mass is 10.0. The van der Waals surface area contributed by atoms with Gasteiger partial charge in [-0.3, -0.25) is 0 Å². The molecule has 0 N–H and O–H groups in total. The van der Waals surface area contributed by atoms with E-state index in [4.69, 9.17) is 4.74 Å². The van der Waals surface area contributed by atoms with E-state index in [-0.39, 0.29) is 0 Å². The van der Waals surface area contributed by atoms with Gasteiger partial charge in [-0.05, 0) is 47.9 Å². The van der Waals surface area contributed by atoms with Crippen LogP contribution in [0, 0.1) is 0 Å². The van der Waals surface area contributed by atoms with Crippen LogP contribution in [0.4, 0.5) is 11.4 Å². The zero-order valence-corrected chi connectivity index (χ0v) is 14.4. The molecule has 2 heteroatoms. The van der Waals surface area contributed by atoms with Gasteiger partial charge in [-0.25, -0.2) is 0 Å². The predicted octanol–water partition coefficient (Wildman–Crippen LogP) is 6.45. The van der Waals surface area contributed by atoms with E-state index in [9.17, 15) is 0 Å². The van der Waals surface area contributed by atoms with E-state index in [1.165, 1.54) is 11.1 Å². The fourth-order valence-corrected chi connectivity index (χ4v) is 3.64. The van der Waals surface area contributed by atoms with Crippen LogP contribution in [0.3, 0.4) is 0 Å². The molecule has 0 saturated carbocycles. The van der Waals surface area contributed by atoms with Crippen molar-refractivity contribution in [2.75, 3.05) is 4.90 Å². The number of rotatable bonds is 2. The van der Waals surface area contributed by atoms with Gasteiger partial charge in [0.2, 0.25) is 0 Å². The number of fused-ring (bicyclic) bond motifs is 1. The lowest BCUT2D eigenvalue weighted by molar-refractivity contribution is 0.388. The molecular weight excluding hydrogens is 318 g/mol. The number of para-hydroxylation sites is 2. The summed E-state index contributed by atoms with van der Waals surface area (Å²) in [7, 11) is 0. The van der Waals surface area contributed by atoms with Gasteiger partial charge in [0.25, 0.3) is 0 Å². The molecule has 2 nitrogen and oxygen atoms in total. The van der Waals surface area contributed by atoms with Gasteiger partial charge in [-0.2, -0.15) is 0 Å². The van der Waals surface area contributed by atoms with Crippen LogP contribution in [-0.4, -0.2) is 0 Å². The molecule has 0 aromatic heterocycles. The first kappa shape index (κ1) is 15.0. The quantitative estimate of drug-likeness (QED) is 0.533. The molecule has 0 radical (unpaired) electrons. The van der Waals surface area contributed by atoms with Gasteiger partial charge < -0.3 is 9.64 Å². The van der Waals surface area contributed by atoms with E-state index in [0.717, 1.165) is 41.4 Å². The molecule has 0 spiro atoms. The zero-order valence-electron chi connectivity index (χ0n) is 14.4. The molecule has 0 fully saturated rings. The number of hydrogen-bond acceptors (Lipinski definition) is 2. The van der Waals surface area contributed by atoms with Crippen LogP contribution < -0.4 is 9.64 Å². The average molecular weight is 337 g/mol. The highest BCUT2D eigenvalue weighted by molar-refractivity contribution is 5.78. The Morgan fingerprint density at radius 3 is 2.31 bits per heavy atom. The van der Waals surface area contributed by atoms with Gasteiger partial charge in [0.05, 0.1) is 11.4 Å². The van der Waals surface area contributed by atoms with Crippen molar-refractivity contribution in [1.29, 1.82) is 0 Å². The van der Waals surface area contributed by atoms with E-state index in [1.54, 1.807) is 0 Å². The average Bonchev–Trinajstić information content (AvgIpc) is 2.73. The Morgan fingerprint density at radius 2 is 1.46 bits per heavy atom. The number of benzene rings is 3. The van der Waals surface area contributed by atoms with Crippen molar-refractivity contribution in [2.45, 2.75) is 12.8 Å². The number of ether oxygens (including phenoxy) is 1. The monoisotopic (exact) mass is 337 g/mol. The summed E-state index contributed by atoms with van der Waals surface area (Å²) in [5, 5.41) is 0. The molecule has 1 aliphatic carbocycles. The van der Waals surface area contributed by atoms with Gasteiger partial charge in [0.15, 0.2) is 5.75 Å². The Balaban J connectivity index is 1.60. The van der Waals surface area contributed by atoms with Crippen LogP contribution in [0.1, 0.15) is 12.8 Å². The minimum absolute atomic E-state index is 0.925. The molecule has 0 amide bonds. The minimum atomic E-state index is 0.925. The number of anilines is 2. The highest BCUT2D eigenvalue weighted by Gasteiger charge is 2.27. The van der Waals surface area contributed by atoms with Gasteiger partial charge >= 0.3 is 0 Å². The van der Waals surface area contributed by atoms with Crippen LogP contribution in [0.5, 0.6) is 5.75 Å². The number of allylic oxidation sites excluding steroid dienone is 3. The fourth-order valence-electron chi connectivity index (χ4n) is 3.64. The smallest absolute Gasteiger partial charge is 0.151 e. The van der Waals surface area contributed by atoms with Crippen LogP contribution in [0.15, 0.2) is 102 Å². The summed E-state index contributed by atoms with van der Waals surface area (Å²) in [4.78, 5) is 2.30. The van der Waals surface area contributed by atoms with Crippen molar-refractivity contribution < 1.29 is 4.74 Å². The first-order valence-corrected chi connectivity index (χ1v) is 9.02. The predicted molar refractivity (Wildman–Crippen MR) is 106 cm³/mol. The normalized spacial score (nSPS) is 15.3. The molecule has 3 aromatic carbocycles. The summed E-state index contributed by atoms with van der Waals surface area (Å²) >= 11 is 0. The standard InChI is InChI=1S/C24H19NO/c1-2-8-18(9-3-1)19-14-16-20(17-15-19)25-21-10-4-6-12-23(21)26-24-13-7-5-11-22(24)25/h1-6,8-12,14-17H,7,13H2. The second kappa shape index (κ2) is 6.23. The van der Waals surface area contributed by atoms with Crippen molar-refractivity contribution in [1.82, 2.24) is 0 Å². The highest BCUT2D eigenvalue weighted by atomic mass is 16.5. The molecule has 0 atom stereocenters. The van der Waals surface area contributed by atoms with Crippen LogP contribution >= 0.6 is 0 Å². The lowest BCUT2D eigenvalue weighted by Crippen LogP contribution is -2.24. The number of nitrogens with zero attached hydrogens (tertiary/aromatic N) is 1. The lowest BCUT2D eigenvalue weighted by Gasteiger charge is -2.35. The van der Waals surface area contributed by atoms with Crippen LogP contribution in [-0.2, 0) is 0 Å². The topological polar surface area (TPSA) is 12.5 Å². The summed E-state index contributed by atoms with van der Waals surface area (Å²) in [6, 6.07) is 27.5. The maximum Gasteiger partial charge on any atom is 0.151 e. The maximum atomic E-state index is 6.17. The summed E-state index contributed by atoms with van der Waals surface area (Å²) in [5.74, 6) is 1.98. The van der Waals surface area contributed by atoms with E-state index in [0.29, 0.717) is 0 Å². The summed E-state index contributed by atoms with van der Waals surface area (Å²) < 4.78 is 6.17. The molecular formula is C24H19NO. The Kier molecular flexibility index (Phi) is 3.60. The van der Waals surface area contributed by atoms with Crippen LogP contribution in [0.25, 0.3) is 11.1 Å². The molecule has 0 bridgehead atoms. The molecule has 5 rings (SSSR count). The third-order valence-corrected chi connectivity index (χ3v) is 4.91. The van der Waals surface area contributed by atoms with Crippen molar-refractivity contribution >= 4 is 11.4 Å². The zero-order chi connectivity index (χ0) is 17.3. The second-order valence-corrected chi connectivity index (χ2v) is 6.57. The van der Waals surface area contributed by atoms with E-state index in [1.807, 2.05) is 18.2 Å². The third kappa shape index (κ3) is 2.51. The van der Waals surface area contributed by atoms with Gasteiger partial charge in [-0.1, -0.05) is 60.7 Å². The molecule has 1 heterocycles. The summed E-state index contributed by atoms with van der Waals surface area (Å²) in [6.07, 6.45) is 6.38. The van der Waals surface area contributed by atoms with Gasteiger partial charge in [0, 0.05) is 12.1 Å². The van der Waals surface area contributed by atoms with E-state index in [2.05, 4.69) is 77.7 Å². The fraction of sp³-hybridized carbons (Fsp3) is 0.0833. The maximum absolute atomic E-state index is 6.17. The van der Waals surface area contributed by atoms with Crippen molar-refractivity contribution in [3.8, 4) is 16.9 Å². The first-order chi connectivity index (χ1) is 12.9. The summed E-state index contributed by atoms with van der Waals surface area (Å²) in [5.41, 5.74) is 5.84. The minimum Gasteiger partial charge on any atom is -0.457 e. The molecule has 0 saturated heterocycles. The van der Waals surface area contributed by atoms with Gasteiger partial charge in [-0.15, -0.1) is 0 Å². The third-order valence-electron chi connectivity index (χ3n) is 4.91. The number of hydrogen-bond donors (Lipinski definition) is 0. The van der Waals surface area contributed by atoms with E-state index < -0.39 is 0 Å². The SMILES string of the molecule is C1=CC2=C(CC1)Oc1ccccc1N2c1ccc(-c2ccccc2)cc1. The van der Waals surface area contributed by atoms with Gasteiger partial charge in [0.1, 0.15) is 5.76 Å². The molecule has 0 unspecified atom stereocenters. The second-order valence-electron chi connectivity index (χ2n) is 6.57. The molecule has 3 aromatic rings. The molecule has 2 aliphatic rings. The highest BCUT2D eigenvalue weighted by Crippen LogP contribution is 2.44. The summed E-state index contributed by atoms with van der Waals surface area (Å²) in [6.45, 7) is 0. The van der Waals surface area contributed by atoms with Crippen molar-refractivity contribution in [3.63, 3.8) is 0 Å². The first-order valence-electron chi connectivity index (χ1n) is 9.02. The Bertz CT molecular complexity index is 1000. The molecule has 26 heavy (non-hydrogen) atoms. The van der Waals surface area contributed by atoms with E-state index >= 15 is 0 Å². The Labute approximate surface area is 153 Å². The molecule has 1 aliphatic heterocycles.